The van der Waals surface area contributed by atoms with Crippen molar-refractivity contribution in [3.05, 3.63) is 89.5 Å². The van der Waals surface area contributed by atoms with Crippen LogP contribution in [0.4, 0.5) is 14.5 Å². The largest absolute Gasteiger partial charge is 0.506 e. The van der Waals surface area contributed by atoms with Crippen LogP contribution in [0.25, 0.3) is 0 Å². The van der Waals surface area contributed by atoms with Gasteiger partial charge in [-0.3, -0.25) is 4.72 Å². The monoisotopic (exact) mass is 492 g/mol. The summed E-state index contributed by atoms with van der Waals surface area (Å²) in [7, 11) is -3.61. The molecular formula is C24H26F2N2O5S. The third-order valence-corrected chi connectivity index (χ3v) is 5.64. The van der Waals surface area contributed by atoms with Gasteiger partial charge in [-0.05, 0) is 47.4 Å². The Labute approximate surface area is 197 Å². The second kappa shape index (κ2) is 11.3. The molecule has 2 unspecified atom stereocenters. The first-order valence-electron chi connectivity index (χ1n) is 10.4. The van der Waals surface area contributed by atoms with Gasteiger partial charge < -0.3 is 20.3 Å². The van der Waals surface area contributed by atoms with Crippen LogP contribution < -0.4 is 14.8 Å². The number of halogens is 2. The van der Waals surface area contributed by atoms with E-state index in [1.165, 1.54) is 30.3 Å². The van der Waals surface area contributed by atoms with E-state index < -0.39 is 22.7 Å². The summed E-state index contributed by atoms with van der Waals surface area (Å²) in [5.74, 6) is -0.213. The molecule has 0 aromatic heterocycles. The van der Waals surface area contributed by atoms with Gasteiger partial charge in [-0.2, -0.15) is 8.78 Å². The van der Waals surface area contributed by atoms with Crippen LogP contribution in [-0.2, 0) is 16.4 Å². The molecule has 0 saturated heterocycles. The summed E-state index contributed by atoms with van der Waals surface area (Å²) in [6.45, 7) is -2.80. The molecule has 182 valence electrons. The van der Waals surface area contributed by atoms with Gasteiger partial charge in [0.25, 0.3) is 0 Å². The molecule has 4 N–H and O–H groups in total. The number of benzene rings is 3. The van der Waals surface area contributed by atoms with Crippen molar-refractivity contribution in [1.29, 1.82) is 0 Å². The maximum atomic E-state index is 12.5. The topological polar surface area (TPSA) is 108 Å². The highest BCUT2D eigenvalue weighted by Gasteiger charge is 2.17. The van der Waals surface area contributed by atoms with Gasteiger partial charge in [-0.25, -0.2) is 8.42 Å². The van der Waals surface area contributed by atoms with E-state index in [0.717, 1.165) is 17.4 Å². The summed E-state index contributed by atoms with van der Waals surface area (Å²) >= 11 is 0. The molecule has 3 aromatic carbocycles. The van der Waals surface area contributed by atoms with Crippen LogP contribution in [0.2, 0.25) is 0 Å². The zero-order chi connectivity index (χ0) is 24.7. The molecule has 7 nitrogen and oxygen atoms in total. The average molecular weight is 493 g/mol. The number of alkyl halides is 2. The SMILES string of the molecule is CS(=O)(=O)Nc1cc(C(O)CNC(Cc2ccccc2)c2ccc(OC(F)F)cc2)ccc1O. The smallest absolute Gasteiger partial charge is 0.387 e. The fourth-order valence-electron chi connectivity index (χ4n) is 3.45. The van der Waals surface area contributed by atoms with Gasteiger partial charge in [0, 0.05) is 12.6 Å². The van der Waals surface area contributed by atoms with Gasteiger partial charge >= 0.3 is 6.61 Å². The van der Waals surface area contributed by atoms with E-state index in [1.54, 1.807) is 12.1 Å². The fraction of sp³-hybridized carbons (Fsp3) is 0.250. The number of rotatable bonds is 11. The van der Waals surface area contributed by atoms with Crippen molar-refractivity contribution in [2.45, 2.75) is 25.2 Å². The molecule has 0 spiro atoms. The number of aliphatic hydroxyl groups excluding tert-OH is 1. The molecule has 0 amide bonds. The van der Waals surface area contributed by atoms with E-state index in [4.69, 9.17) is 0 Å². The molecular weight excluding hydrogens is 466 g/mol. The predicted octanol–water partition coefficient (Wildman–Crippen LogP) is 3.97. The number of hydrogen-bond acceptors (Lipinski definition) is 6. The second-order valence-corrected chi connectivity index (χ2v) is 9.51. The number of phenols is 1. The van der Waals surface area contributed by atoms with Crippen molar-refractivity contribution in [2.24, 2.45) is 0 Å². The van der Waals surface area contributed by atoms with Crippen LogP contribution in [0.3, 0.4) is 0 Å². The van der Waals surface area contributed by atoms with E-state index in [-0.39, 0.29) is 29.8 Å². The summed E-state index contributed by atoms with van der Waals surface area (Å²) in [4.78, 5) is 0. The van der Waals surface area contributed by atoms with Crippen molar-refractivity contribution in [1.82, 2.24) is 5.32 Å². The Balaban J connectivity index is 1.76. The van der Waals surface area contributed by atoms with Crippen molar-refractivity contribution >= 4 is 15.7 Å². The van der Waals surface area contributed by atoms with E-state index >= 15 is 0 Å². The minimum absolute atomic E-state index is 0.0329. The van der Waals surface area contributed by atoms with Crippen LogP contribution in [0.15, 0.2) is 72.8 Å². The number of anilines is 1. The maximum Gasteiger partial charge on any atom is 0.387 e. The van der Waals surface area contributed by atoms with Gasteiger partial charge in [-0.1, -0.05) is 48.5 Å². The minimum atomic E-state index is -3.61. The van der Waals surface area contributed by atoms with Crippen molar-refractivity contribution in [3.63, 3.8) is 0 Å². The fourth-order valence-corrected chi connectivity index (χ4v) is 4.02. The molecule has 0 fully saturated rings. The van der Waals surface area contributed by atoms with Crippen molar-refractivity contribution < 1.29 is 32.1 Å². The molecule has 0 bridgehead atoms. The van der Waals surface area contributed by atoms with Crippen LogP contribution >= 0.6 is 0 Å². The summed E-state index contributed by atoms with van der Waals surface area (Å²) in [5.41, 5.74) is 2.21. The van der Waals surface area contributed by atoms with E-state index in [1.807, 2.05) is 30.3 Å². The van der Waals surface area contributed by atoms with Gasteiger partial charge in [0.2, 0.25) is 10.0 Å². The zero-order valence-electron chi connectivity index (χ0n) is 18.4. The lowest BCUT2D eigenvalue weighted by molar-refractivity contribution is -0.0498. The van der Waals surface area contributed by atoms with E-state index in [9.17, 15) is 27.4 Å². The summed E-state index contributed by atoms with van der Waals surface area (Å²) in [6, 6.07) is 19.8. The Kier molecular flexibility index (Phi) is 8.43. The van der Waals surface area contributed by atoms with Gasteiger partial charge in [0.05, 0.1) is 18.0 Å². The molecule has 34 heavy (non-hydrogen) atoms. The van der Waals surface area contributed by atoms with E-state index in [2.05, 4.69) is 14.8 Å². The quantitative estimate of drug-likeness (QED) is 0.302. The first-order chi connectivity index (χ1) is 16.1. The molecule has 0 aliphatic heterocycles. The molecule has 2 atom stereocenters. The van der Waals surface area contributed by atoms with Crippen molar-refractivity contribution in [3.8, 4) is 11.5 Å². The molecule has 0 heterocycles. The lowest BCUT2D eigenvalue weighted by atomic mass is 9.98. The Morgan fingerprint density at radius 3 is 2.24 bits per heavy atom. The molecule has 0 aliphatic carbocycles. The molecule has 0 aliphatic rings. The first-order valence-corrected chi connectivity index (χ1v) is 12.3. The molecule has 3 aromatic rings. The third kappa shape index (κ3) is 7.68. The van der Waals surface area contributed by atoms with Crippen molar-refractivity contribution in [2.75, 3.05) is 17.5 Å². The zero-order valence-corrected chi connectivity index (χ0v) is 19.2. The summed E-state index contributed by atoms with van der Waals surface area (Å²) in [5, 5.41) is 23.9. The highest BCUT2D eigenvalue weighted by molar-refractivity contribution is 7.92. The number of phenolic OH excluding ortho intramolecular Hbond substituents is 1. The third-order valence-electron chi connectivity index (χ3n) is 5.05. The lowest BCUT2D eigenvalue weighted by Gasteiger charge is -2.22. The second-order valence-electron chi connectivity index (χ2n) is 7.76. The number of ether oxygens (including phenoxy) is 1. The van der Waals surface area contributed by atoms with Gasteiger partial charge in [0.1, 0.15) is 11.5 Å². The van der Waals surface area contributed by atoms with E-state index in [0.29, 0.717) is 12.0 Å². The van der Waals surface area contributed by atoms with Crippen LogP contribution in [0, 0.1) is 0 Å². The maximum absolute atomic E-state index is 12.5. The highest BCUT2D eigenvalue weighted by atomic mass is 32.2. The first kappa shape index (κ1) is 25.4. The highest BCUT2D eigenvalue weighted by Crippen LogP contribution is 2.28. The Morgan fingerprint density at radius 1 is 0.971 bits per heavy atom. The predicted molar refractivity (Wildman–Crippen MR) is 125 cm³/mol. The standard InChI is InChI=1S/C24H26F2N2O5S/c1-34(31,32)28-21-14-18(9-12-22(21)29)23(30)15-27-20(13-16-5-3-2-4-6-16)17-7-10-19(11-8-17)33-24(25)26/h2-12,14,20,23-24,27-30H,13,15H2,1H3. The van der Waals surface area contributed by atoms with Gasteiger partial charge in [0.15, 0.2) is 0 Å². The Morgan fingerprint density at radius 2 is 1.62 bits per heavy atom. The Hall–Kier alpha value is -3.21. The van der Waals surface area contributed by atoms with Crippen LogP contribution in [-0.4, -0.2) is 38.0 Å². The molecule has 0 radical (unpaired) electrons. The molecule has 0 saturated carbocycles. The lowest BCUT2D eigenvalue weighted by Crippen LogP contribution is -2.28. The summed E-state index contributed by atoms with van der Waals surface area (Å²) < 4.78 is 54.6. The Bertz CT molecular complexity index is 1180. The minimum Gasteiger partial charge on any atom is -0.506 e. The number of aromatic hydroxyl groups is 1. The van der Waals surface area contributed by atoms with Gasteiger partial charge in [-0.15, -0.1) is 0 Å². The summed E-state index contributed by atoms with van der Waals surface area (Å²) in [6.07, 6.45) is 0.516. The number of sulfonamides is 1. The molecule has 10 heteroatoms. The number of hydrogen-bond donors (Lipinski definition) is 4. The average Bonchev–Trinajstić information content (AvgIpc) is 2.78. The number of aliphatic hydroxyl groups is 1. The molecule has 3 rings (SSSR count). The van der Waals surface area contributed by atoms with Crippen LogP contribution in [0.5, 0.6) is 11.5 Å². The van der Waals surface area contributed by atoms with Crippen LogP contribution in [0.1, 0.15) is 28.8 Å². The normalized spacial score (nSPS) is 13.4. The number of nitrogens with one attached hydrogen (secondary N) is 2.